The minimum atomic E-state index is 0.167. The molecule has 0 amide bonds. The molecular formula is C16H19N3O. The Balaban J connectivity index is 2.37. The maximum Gasteiger partial charge on any atom is 0.128 e. The van der Waals surface area contributed by atoms with E-state index < -0.39 is 0 Å². The summed E-state index contributed by atoms with van der Waals surface area (Å²) in [5.74, 6) is 1.13. The molecule has 104 valence electrons. The van der Waals surface area contributed by atoms with Gasteiger partial charge in [0.1, 0.15) is 5.82 Å². The van der Waals surface area contributed by atoms with E-state index in [2.05, 4.69) is 30.2 Å². The number of pyridine rings is 1. The first-order chi connectivity index (χ1) is 9.65. The lowest BCUT2D eigenvalue weighted by molar-refractivity contribution is 0.171. The number of hydrogen-bond donors (Lipinski definition) is 1. The van der Waals surface area contributed by atoms with Gasteiger partial charge in [0.2, 0.25) is 0 Å². The van der Waals surface area contributed by atoms with Crippen LogP contribution in [0.25, 0.3) is 10.9 Å². The molecule has 1 heterocycles. The normalized spacial score (nSPS) is 12.3. The molecule has 0 radical (unpaired) electrons. The summed E-state index contributed by atoms with van der Waals surface area (Å²) >= 11 is 0. The van der Waals surface area contributed by atoms with Gasteiger partial charge in [-0.1, -0.05) is 32.0 Å². The summed E-state index contributed by atoms with van der Waals surface area (Å²) in [6.07, 6.45) is 0. The summed E-state index contributed by atoms with van der Waals surface area (Å²) in [5.41, 5.74) is 1.46. The van der Waals surface area contributed by atoms with E-state index in [9.17, 15) is 5.26 Å². The maximum absolute atomic E-state index is 9.28. The molecule has 0 aliphatic carbocycles. The second kappa shape index (κ2) is 6.36. The highest BCUT2D eigenvalue weighted by Gasteiger charge is 2.14. The minimum Gasteiger partial charge on any atom is -0.383 e. The van der Waals surface area contributed by atoms with Crippen LogP contribution >= 0.6 is 0 Å². The van der Waals surface area contributed by atoms with Crippen LogP contribution in [-0.2, 0) is 4.74 Å². The van der Waals surface area contributed by atoms with Crippen molar-refractivity contribution in [3.05, 3.63) is 35.9 Å². The monoisotopic (exact) mass is 269 g/mol. The number of nitrogens with zero attached hydrogens (tertiary/aromatic N) is 2. The topological polar surface area (TPSA) is 57.9 Å². The van der Waals surface area contributed by atoms with E-state index in [0.29, 0.717) is 18.1 Å². The van der Waals surface area contributed by atoms with Gasteiger partial charge >= 0.3 is 0 Å². The van der Waals surface area contributed by atoms with Gasteiger partial charge in [0.25, 0.3) is 0 Å². The molecule has 4 nitrogen and oxygen atoms in total. The second-order valence-corrected chi connectivity index (χ2v) is 5.13. The standard InChI is InChI=1S/C16H19N3O/c1-11(2)15(10-20-3)19-16-8-12(9-17)13-6-4-5-7-14(13)18-16/h4-8,11,15H,10H2,1-3H3,(H,18,19). The highest BCUT2D eigenvalue weighted by atomic mass is 16.5. The van der Waals surface area contributed by atoms with Gasteiger partial charge in [0, 0.05) is 12.5 Å². The first kappa shape index (κ1) is 14.3. The van der Waals surface area contributed by atoms with Crippen LogP contribution in [0, 0.1) is 17.2 Å². The number of rotatable bonds is 5. The van der Waals surface area contributed by atoms with E-state index in [1.165, 1.54) is 0 Å². The fourth-order valence-electron chi connectivity index (χ4n) is 2.11. The van der Waals surface area contributed by atoms with Gasteiger partial charge < -0.3 is 10.1 Å². The zero-order valence-electron chi connectivity index (χ0n) is 12.1. The van der Waals surface area contributed by atoms with E-state index in [-0.39, 0.29) is 6.04 Å². The van der Waals surface area contributed by atoms with Gasteiger partial charge in [0.05, 0.1) is 29.8 Å². The molecule has 0 saturated carbocycles. The molecule has 1 N–H and O–H groups in total. The summed E-state index contributed by atoms with van der Waals surface area (Å²) in [7, 11) is 1.69. The van der Waals surface area contributed by atoms with Crippen molar-refractivity contribution < 1.29 is 4.74 Å². The number of para-hydroxylation sites is 1. The predicted molar refractivity (Wildman–Crippen MR) is 80.6 cm³/mol. The molecule has 0 aliphatic rings. The Morgan fingerprint density at radius 1 is 1.35 bits per heavy atom. The predicted octanol–water partition coefficient (Wildman–Crippen LogP) is 3.19. The number of ether oxygens (including phenoxy) is 1. The average Bonchev–Trinajstić information content (AvgIpc) is 2.45. The van der Waals surface area contributed by atoms with Crippen LogP contribution in [-0.4, -0.2) is 24.7 Å². The van der Waals surface area contributed by atoms with E-state index in [1.807, 2.05) is 24.3 Å². The lowest BCUT2D eigenvalue weighted by atomic mass is 10.0. The van der Waals surface area contributed by atoms with E-state index >= 15 is 0 Å². The smallest absolute Gasteiger partial charge is 0.128 e. The van der Waals surface area contributed by atoms with Gasteiger partial charge in [-0.3, -0.25) is 0 Å². The van der Waals surface area contributed by atoms with Gasteiger partial charge in [-0.25, -0.2) is 4.98 Å². The van der Waals surface area contributed by atoms with Crippen LogP contribution in [0.15, 0.2) is 30.3 Å². The minimum absolute atomic E-state index is 0.167. The van der Waals surface area contributed by atoms with Gasteiger partial charge in [-0.05, 0) is 18.1 Å². The van der Waals surface area contributed by atoms with Crippen molar-refractivity contribution in [2.24, 2.45) is 5.92 Å². The Kier molecular flexibility index (Phi) is 4.54. The van der Waals surface area contributed by atoms with Crippen molar-refractivity contribution in [3.63, 3.8) is 0 Å². The van der Waals surface area contributed by atoms with Crippen LogP contribution in [0.4, 0.5) is 5.82 Å². The number of methoxy groups -OCH3 is 1. The zero-order valence-corrected chi connectivity index (χ0v) is 12.1. The number of nitrogens with one attached hydrogen (secondary N) is 1. The van der Waals surface area contributed by atoms with Crippen molar-refractivity contribution in [1.82, 2.24) is 4.98 Å². The lowest BCUT2D eigenvalue weighted by Gasteiger charge is -2.22. The molecule has 1 atom stereocenters. The third-order valence-electron chi connectivity index (χ3n) is 3.32. The molecule has 1 aromatic carbocycles. The van der Waals surface area contributed by atoms with Crippen LogP contribution in [0.1, 0.15) is 19.4 Å². The third kappa shape index (κ3) is 3.06. The number of aromatic nitrogens is 1. The molecule has 0 bridgehead atoms. The summed E-state index contributed by atoms with van der Waals surface area (Å²) in [4.78, 5) is 4.57. The maximum atomic E-state index is 9.28. The van der Waals surface area contributed by atoms with Crippen LogP contribution in [0.3, 0.4) is 0 Å². The van der Waals surface area contributed by atoms with E-state index in [4.69, 9.17) is 4.74 Å². The molecule has 2 rings (SSSR count). The van der Waals surface area contributed by atoms with E-state index in [0.717, 1.165) is 16.7 Å². The molecule has 4 heteroatoms. The number of nitriles is 1. The van der Waals surface area contributed by atoms with Gasteiger partial charge in [-0.2, -0.15) is 5.26 Å². The third-order valence-corrected chi connectivity index (χ3v) is 3.32. The Hall–Kier alpha value is -2.12. The van der Waals surface area contributed by atoms with Crippen LogP contribution in [0.2, 0.25) is 0 Å². The van der Waals surface area contributed by atoms with Crippen molar-refractivity contribution in [2.45, 2.75) is 19.9 Å². The van der Waals surface area contributed by atoms with Crippen molar-refractivity contribution in [3.8, 4) is 6.07 Å². The summed E-state index contributed by atoms with van der Waals surface area (Å²) in [6.45, 7) is 4.86. The highest BCUT2D eigenvalue weighted by molar-refractivity contribution is 5.86. The van der Waals surface area contributed by atoms with Crippen LogP contribution < -0.4 is 5.32 Å². The fraction of sp³-hybridized carbons (Fsp3) is 0.375. The molecule has 0 fully saturated rings. The van der Waals surface area contributed by atoms with Crippen LogP contribution in [0.5, 0.6) is 0 Å². The Labute approximate surface area is 119 Å². The van der Waals surface area contributed by atoms with Crippen molar-refractivity contribution >= 4 is 16.7 Å². The largest absolute Gasteiger partial charge is 0.383 e. The van der Waals surface area contributed by atoms with Crippen molar-refractivity contribution in [1.29, 1.82) is 5.26 Å². The zero-order chi connectivity index (χ0) is 14.5. The number of benzene rings is 1. The molecular weight excluding hydrogens is 250 g/mol. The second-order valence-electron chi connectivity index (χ2n) is 5.13. The molecule has 0 aliphatic heterocycles. The number of fused-ring (bicyclic) bond motifs is 1. The Bertz CT molecular complexity index is 631. The SMILES string of the molecule is COCC(Nc1cc(C#N)c2ccccc2n1)C(C)C. The Morgan fingerprint density at radius 2 is 2.10 bits per heavy atom. The Morgan fingerprint density at radius 3 is 2.75 bits per heavy atom. The van der Waals surface area contributed by atoms with Gasteiger partial charge in [0.15, 0.2) is 0 Å². The molecule has 0 spiro atoms. The lowest BCUT2D eigenvalue weighted by Crippen LogP contribution is -2.30. The molecule has 0 saturated heterocycles. The highest BCUT2D eigenvalue weighted by Crippen LogP contribution is 2.21. The first-order valence-electron chi connectivity index (χ1n) is 6.71. The fourth-order valence-corrected chi connectivity index (χ4v) is 2.11. The number of anilines is 1. The summed E-state index contributed by atoms with van der Waals surface area (Å²) in [6, 6.07) is 11.9. The van der Waals surface area contributed by atoms with Gasteiger partial charge in [-0.15, -0.1) is 0 Å². The molecule has 1 aromatic heterocycles. The molecule has 20 heavy (non-hydrogen) atoms. The average molecular weight is 269 g/mol. The first-order valence-corrected chi connectivity index (χ1v) is 6.71. The van der Waals surface area contributed by atoms with E-state index in [1.54, 1.807) is 13.2 Å². The quantitative estimate of drug-likeness (QED) is 0.905. The van der Waals surface area contributed by atoms with Crippen molar-refractivity contribution in [2.75, 3.05) is 19.0 Å². The number of hydrogen-bond acceptors (Lipinski definition) is 4. The molecule has 1 unspecified atom stereocenters. The summed E-state index contributed by atoms with van der Waals surface area (Å²) < 4.78 is 5.23. The molecule has 2 aromatic rings. The summed E-state index contributed by atoms with van der Waals surface area (Å²) in [5, 5.41) is 13.5.